The normalized spacial score (nSPS) is 25.9. The van der Waals surface area contributed by atoms with Crippen molar-refractivity contribution in [3.05, 3.63) is 25.3 Å². The second-order valence-corrected chi connectivity index (χ2v) is 61.1. The molecule has 0 aromatic rings. The number of piperidine rings is 3. The van der Waals surface area contributed by atoms with Crippen molar-refractivity contribution in [2.24, 2.45) is 91.5 Å². The number of hydrogen-bond acceptors (Lipinski definition) is 21. The summed E-state index contributed by atoms with van der Waals surface area (Å²) in [5.74, 6) is -7.83. The van der Waals surface area contributed by atoms with Crippen LogP contribution in [0.25, 0.3) is 0 Å². The van der Waals surface area contributed by atoms with Gasteiger partial charge in [0.05, 0.1) is 66.2 Å². The molecule has 39 heteroatoms. The van der Waals surface area contributed by atoms with Gasteiger partial charge in [-0.25, -0.2) is 39.6 Å². The van der Waals surface area contributed by atoms with E-state index in [1.54, 1.807) is 62.3 Å². The van der Waals surface area contributed by atoms with Gasteiger partial charge in [0.2, 0.25) is 52.8 Å². The Bertz CT molecular complexity index is 5270. The average molecular weight is 2110 g/mol. The van der Waals surface area contributed by atoms with Crippen molar-refractivity contribution < 1.29 is 97.2 Å². The molecule has 12 rings (SSSR count). The molecular formula is C107H177N15O21S3. The van der Waals surface area contributed by atoms with Gasteiger partial charge in [-0.05, 0) is 206 Å². The predicted octanol–water partition coefficient (Wildman–Crippen LogP) is 9.73. The van der Waals surface area contributed by atoms with Gasteiger partial charge in [0.1, 0.15) is 36.3 Å². The lowest BCUT2D eigenvalue weighted by Gasteiger charge is -2.41. The number of ketones is 3. The molecule has 15 amide bonds. The van der Waals surface area contributed by atoms with E-state index in [4.69, 9.17) is 5.73 Å². The van der Waals surface area contributed by atoms with E-state index in [0.717, 1.165) is 109 Å². The van der Waals surface area contributed by atoms with Gasteiger partial charge >= 0.3 is 18.1 Å². The third-order valence-corrected chi connectivity index (χ3v) is 42.9. The number of amides is 15. The average Bonchev–Trinajstić information content (AvgIpc) is 1.53. The van der Waals surface area contributed by atoms with Gasteiger partial charge in [-0.3, -0.25) is 57.5 Å². The molecule has 3 unspecified atom stereocenters. The molecule has 0 aromatic heterocycles. The number of primary amides is 1. The predicted molar refractivity (Wildman–Crippen MR) is 559 cm³/mol. The molecule has 36 nitrogen and oxygen atoms in total. The zero-order valence-electron chi connectivity index (χ0n) is 91.7. The molecular weight excluding hydrogens is 1930 g/mol. The van der Waals surface area contributed by atoms with Gasteiger partial charge in [-0.2, -0.15) is 0 Å². The summed E-state index contributed by atoms with van der Waals surface area (Å²) in [5, 5.41) is 31.2. The minimum atomic E-state index is -3.56. The largest absolute Gasteiger partial charge is 0.363 e. The number of nitrogens with zero attached hydrogens (tertiary/aromatic N) is 3. The summed E-state index contributed by atoms with van der Waals surface area (Å²) in [6, 6.07) is -10.7. The fourth-order valence-corrected chi connectivity index (χ4v) is 28.3. The van der Waals surface area contributed by atoms with Crippen LogP contribution in [0.15, 0.2) is 25.3 Å². The molecule has 3 aliphatic heterocycles. The van der Waals surface area contributed by atoms with Crippen LogP contribution in [0.5, 0.6) is 0 Å². The van der Waals surface area contributed by atoms with E-state index >= 15 is 0 Å². The molecule has 0 bridgehead atoms. The van der Waals surface area contributed by atoms with E-state index in [9.17, 15) is 97.2 Å². The number of hydrogen-bond donors (Lipinski definition) is 12. The van der Waals surface area contributed by atoms with E-state index in [0.29, 0.717) is 77.4 Å². The number of carbonyl (C=O) groups excluding carboxylic acids is 15. The summed E-state index contributed by atoms with van der Waals surface area (Å²) in [5.41, 5.74) is -0.430. The minimum Gasteiger partial charge on any atom is -0.363 e. The van der Waals surface area contributed by atoms with Gasteiger partial charge in [0, 0.05) is 32.7 Å². The molecule has 0 aromatic carbocycles. The van der Waals surface area contributed by atoms with Crippen LogP contribution in [0.1, 0.15) is 333 Å². The molecule has 12 aliphatic rings. The highest BCUT2D eigenvalue weighted by Crippen LogP contribution is 2.67. The van der Waals surface area contributed by atoms with Gasteiger partial charge in [-0.15, -0.1) is 13.2 Å². The van der Waals surface area contributed by atoms with Crippen molar-refractivity contribution in [1.82, 2.24) is 73.2 Å². The second kappa shape index (κ2) is 44.7. The Kier molecular flexibility index (Phi) is 36.5. The first-order valence-electron chi connectivity index (χ1n) is 53.5. The lowest BCUT2D eigenvalue weighted by Crippen LogP contribution is -2.64. The van der Waals surface area contributed by atoms with Crippen molar-refractivity contribution in [1.29, 1.82) is 0 Å². The first kappa shape index (κ1) is 119. The Hall–Kier alpha value is -8.62. The lowest BCUT2D eigenvalue weighted by molar-refractivity contribution is -0.145. The quantitative estimate of drug-likeness (QED) is 0.0203. The van der Waals surface area contributed by atoms with Crippen LogP contribution in [0.3, 0.4) is 0 Å². The zero-order valence-corrected chi connectivity index (χ0v) is 94.2. The molecule has 12 fully saturated rings. The molecule has 0 spiro atoms. The van der Waals surface area contributed by atoms with Crippen molar-refractivity contribution in [3.8, 4) is 0 Å². The molecule has 824 valence electrons. The van der Waals surface area contributed by atoms with E-state index in [2.05, 4.69) is 99.3 Å². The smallest absolute Gasteiger partial charge is 0.315 e. The second-order valence-electron chi connectivity index (χ2n) is 52.9. The van der Waals surface area contributed by atoms with Crippen LogP contribution in [0, 0.1) is 85.8 Å². The number of likely N-dealkylation sites (tertiary alicyclic amines) is 3. The Morgan fingerprint density at radius 2 is 0.575 bits per heavy atom. The van der Waals surface area contributed by atoms with Crippen molar-refractivity contribution in [2.45, 2.75) is 418 Å². The number of urea groups is 3. The molecule has 13 N–H and O–H groups in total. The highest BCUT2D eigenvalue weighted by Gasteiger charge is 2.73. The number of Topliss-reactive ketones (excluding diaryl/α,β-unsaturated/α-hetero) is 3. The van der Waals surface area contributed by atoms with Gasteiger partial charge in [0.25, 0.3) is 17.7 Å². The minimum absolute atomic E-state index is 0.0569. The van der Waals surface area contributed by atoms with Gasteiger partial charge < -0.3 is 78.9 Å². The highest BCUT2D eigenvalue weighted by atomic mass is 32.2. The molecule has 3 heterocycles. The summed E-state index contributed by atoms with van der Waals surface area (Å²) < 4.78 is 76.8. The molecule has 146 heavy (non-hydrogen) atoms. The maximum atomic E-state index is 14.5. The lowest BCUT2D eigenvalue weighted by atomic mass is 9.80. The number of fused-ring (bicyclic) bond motifs is 3. The van der Waals surface area contributed by atoms with E-state index < -0.39 is 220 Å². The molecule has 3 saturated heterocycles. The summed E-state index contributed by atoms with van der Waals surface area (Å²) >= 11 is 0. The van der Waals surface area contributed by atoms with Crippen LogP contribution in [-0.2, 0) is 87.0 Å². The molecule has 9 aliphatic carbocycles. The van der Waals surface area contributed by atoms with E-state index in [1.807, 2.05) is 76.2 Å². The zero-order chi connectivity index (χ0) is 110. The molecule has 0 radical (unpaired) electrons. The third-order valence-electron chi connectivity index (χ3n) is 34.5. The Labute approximate surface area is 868 Å². The number of rotatable bonds is 37. The Morgan fingerprint density at radius 1 is 0.342 bits per heavy atom. The van der Waals surface area contributed by atoms with Gasteiger partial charge in [0.15, 0.2) is 29.5 Å². The number of carbonyl (C=O) groups is 15. The fourth-order valence-electron chi connectivity index (χ4n) is 23.7. The number of nitrogens with one attached hydrogen (secondary N) is 11. The fraction of sp³-hybridized carbons (Fsp3) is 0.822. The number of nitrogens with two attached hydrogens (primary N) is 1. The summed E-state index contributed by atoms with van der Waals surface area (Å²) in [6.07, 6.45) is 22.2. The van der Waals surface area contributed by atoms with Crippen LogP contribution >= 0.6 is 0 Å². The summed E-state index contributed by atoms with van der Waals surface area (Å²) in [6.45, 7) is 52.1. The summed E-state index contributed by atoms with van der Waals surface area (Å²) in [4.78, 5) is 208. The molecule has 9 saturated carbocycles. The van der Waals surface area contributed by atoms with Crippen LogP contribution < -0.4 is 64.2 Å². The topological polar surface area (TPSA) is 527 Å². The van der Waals surface area contributed by atoms with E-state index in [1.165, 1.54) is 26.9 Å². The summed E-state index contributed by atoms with van der Waals surface area (Å²) in [7, 11) is -10.7. The van der Waals surface area contributed by atoms with E-state index in [-0.39, 0.29) is 99.9 Å². The third kappa shape index (κ3) is 27.8. The Balaban J connectivity index is 0.000000224. The molecule has 15 atom stereocenters. The van der Waals surface area contributed by atoms with Crippen LogP contribution in [-0.4, -0.2) is 264 Å². The maximum Gasteiger partial charge on any atom is 0.315 e. The van der Waals surface area contributed by atoms with Crippen molar-refractivity contribution in [2.75, 3.05) is 50.0 Å². The number of sulfone groups is 3. The first-order valence-corrected chi connectivity index (χ1v) is 58.5. The first-order chi connectivity index (χ1) is 67.1. The SMILES string of the molecule is C=CCNC(=O)C(=O)C(CC1CC1)NC(=O)[C@@H]1[C@@H]2[C@H](CN1C(=O)[C@@H](NC(=O)NC1(CS(=O)(=O)C(C)(C)C)CCCCC1)C(C)(C)C)C2(C)C.C=CCNC(=O)C(=O)C(CC1CCC1)NC(=O)[C@@H]1[C@@H]2[C@H](CN1C(=O)[C@@H](NC(=O)NC1(CS(=O)(=O)C(C)(C)C)CCCCC1)C(C)(C)C)C2(C)C.CC(C)(C)[C@H](NC(=O)NC1(CS(=O)(=O)C(C)(C)C)CCCCC1)C(=O)N1C[C@H]2[C@@H]([C@H]1C(=O)NC(CC1CCC1)C(=O)C(N)=O)C2(C)C. The van der Waals surface area contributed by atoms with Crippen molar-refractivity contribution in [3.63, 3.8) is 0 Å². The Morgan fingerprint density at radius 3 is 0.774 bits per heavy atom. The van der Waals surface area contributed by atoms with Crippen molar-refractivity contribution >= 4 is 118 Å². The standard InChI is InChI=1S/C37H61N5O7S.C36H59N5O7S.C34H57N5O7S/c1-10-19-38-31(45)28(43)25(20-23-15-14-16-23)39-30(44)27-26-24(36(26,8)9)21-42(27)32(46)29(34(2,3)4)40-33(47)41-37(17-12-11-13-18-37)22-50(48,49)35(5,6)7;1-10-18-37-30(44)27(42)24(19-22-14-15-22)38-29(43)26-25-23(35(25,8)9)20-41(26)31(45)28(33(2,3)4)39-32(46)40-36(16-12-11-13-17-36)21-49(47,48)34(5,6)7;1-31(2,3)26(37-30(44)38-34(15-10-9-11-16-34)19-47(45,46)32(4,5)6)29(43)39-18-21-23(33(21,7)8)24(39)28(42)36-22(25(40)27(35)41)17-20-13-12-14-20/h10,23-27,29H,1,11-22H2,2-9H3,(H,38,45)(H,39,44)(H2,40,41,47);10,22-26,28H,1,11-21H2,2-9H3,(H,37,44)(H,38,43)(H2,39,40,46);20-24,26H,9-19H2,1-8H3,(H2,35,41)(H,36,42)(H2,37,38,44)/t24-,25?,26-,27-,29+;23-,24?,25-,26-,28+;21-,22?,23-,24-,26+/m000/s1. The van der Waals surface area contributed by atoms with Gasteiger partial charge in [-0.1, -0.05) is 225 Å². The highest BCUT2D eigenvalue weighted by molar-refractivity contribution is 7.93. The maximum absolute atomic E-state index is 14.5. The van der Waals surface area contributed by atoms with Crippen LogP contribution in [0.4, 0.5) is 14.4 Å². The van der Waals surface area contributed by atoms with Crippen LogP contribution in [0.2, 0.25) is 0 Å². The monoisotopic (exact) mass is 2100 g/mol.